The van der Waals surface area contributed by atoms with Gasteiger partial charge in [0.25, 0.3) is 0 Å². The molecule has 19 heavy (non-hydrogen) atoms. The van der Waals surface area contributed by atoms with Crippen LogP contribution in [0.15, 0.2) is 30.3 Å². The molecule has 0 saturated heterocycles. The lowest BCUT2D eigenvalue weighted by Crippen LogP contribution is -1.99. The predicted molar refractivity (Wildman–Crippen MR) is 67.1 cm³/mol. The van der Waals surface area contributed by atoms with E-state index in [1.807, 2.05) is 0 Å². The number of aromatic nitrogens is 1. The van der Waals surface area contributed by atoms with Crippen LogP contribution in [0.4, 0.5) is 8.78 Å². The molecule has 0 amide bonds. The van der Waals surface area contributed by atoms with Gasteiger partial charge in [0, 0.05) is 27.9 Å². The molecule has 1 aromatic heterocycles. The van der Waals surface area contributed by atoms with Gasteiger partial charge in [-0.1, -0.05) is 12.1 Å². The van der Waals surface area contributed by atoms with E-state index in [1.54, 1.807) is 18.2 Å². The van der Waals surface area contributed by atoms with Crippen LogP contribution in [0.3, 0.4) is 0 Å². The maximum absolute atomic E-state index is 13.2. The second kappa shape index (κ2) is 4.05. The molecule has 0 aliphatic carbocycles. The van der Waals surface area contributed by atoms with Gasteiger partial charge in [-0.05, 0) is 17.7 Å². The summed E-state index contributed by atoms with van der Waals surface area (Å²) in [6.45, 7) is 0. The zero-order chi connectivity index (χ0) is 13.6. The molecule has 96 valence electrons. The van der Waals surface area contributed by atoms with Crippen molar-refractivity contribution < 1.29 is 18.7 Å². The highest BCUT2D eigenvalue weighted by molar-refractivity contribution is 6.07. The summed E-state index contributed by atoms with van der Waals surface area (Å²) in [5.74, 6) is -2.74. The summed E-state index contributed by atoms with van der Waals surface area (Å²) >= 11 is 0. The molecule has 0 fully saturated rings. The third-order valence-corrected chi connectivity index (χ3v) is 3.06. The number of rotatable bonds is 2. The van der Waals surface area contributed by atoms with E-state index < -0.39 is 17.6 Å². The molecule has 5 heteroatoms. The summed E-state index contributed by atoms with van der Waals surface area (Å²) in [6.07, 6.45) is -0.0893. The highest BCUT2D eigenvalue weighted by Crippen LogP contribution is 2.28. The summed E-state index contributed by atoms with van der Waals surface area (Å²) < 4.78 is 26.4. The molecule has 1 heterocycles. The molecule has 0 bridgehead atoms. The molecule has 3 rings (SSSR count). The van der Waals surface area contributed by atoms with E-state index in [0.29, 0.717) is 22.0 Å². The minimum absolute atomic E-state index is 0.0893. The van der Waals surface area contributed by atoms with Crippen molar-refractivity contribution in [1.82, 2.24) is 4.98 Å². The zero-order valence-electron chi connectivity index (χ0n) is 9.71. The first-order valence-corrected chi connectivity index (χ1v) is 5.66. The van der Waals surface area contributed by atoms with Gasteiger partial charge in [-0.2, -0.15) is 0 Å². The molecule has 0 aliphatic heterocycles. The van der Waals surface area contributed by atoms with Crippen molar-refractivity contribution in [2.45, 2.75) is 6.42 Å². The van der Waals surface area contributed by atoms with E-state index in [9.17, 15) is 13.6 Å². The molecule has 0 spiro atoms. The van der Waals surface area contributed by atoms with Crippen LogP contribution >= 0.6 is 0 Å². The molecular weight excluding hydrogens is 252 g/mol. The molecule has 3 aromatic rings. The lowest BCUT2D eigenvalue weighted by Gasteiger charge is -1.97. The molecule has 2 N–H and O–H groups in total. The fourth-order valence-corrected chi connectivity index (χ4v) is 2.23. The number of benzene rings is 2. The Morgan fingerprint density at radius 3 is 2.47 bits per heavy atom. The Labute approximate surface area is 106 Å². The number of carboxylic acid groups (broad SMARTS) is 1. The Morgan fingerprint density at radius 1 is 1.05 bits per heavy atom. The molecule has 0 unspecified atom stereocenters. The smallest absolute Gasteiger partial charge is 0.307 e. The topological polar surface area (TPSA) is 53.1 Å². The van der Waals surface area contributed by atoms with Crippen LogP contribution in [0.25, 0.3) is 21.8 Å². The quantitative estimate of drug-likeness (QED) is 0.744. The fraction of sp³-hybridized carbons (Fsp3) is 0.0714. The molecule has 0 saturated carbocycles. The number of carbonyl (C=O) groups is 1. The Kier molecular flexibility index (Phi) is 2.48. The number of hydrogen-bond acceptors (Lipinski definition) is 1. The normalized spacial score (nSPS) is 11.3. The van der Waals surface area contributed by atoms with Crippen LogP contribution in [0.1, 0.15) is 5.56 Å². The number of hydrogen-bond donors (Lipinski definition) is 2. The van der Waals surface area contributed by atoms with Gasteiger partial charge in [0.1, 0.15) is 0 Å². The van der Waals surface area contributed by atoms with Gasteiger partial charge >= 0.3 is 5.97 Å². The van der Waals surface area contributed by atoms with Gasteiger partial charge in [-0.15, -0.1) is 0 Å². The Bertz CT molecular complexity index is 808. The average molecular weight is 261 g/mol. The van der Waals surface area contributed by atoms with Crippen molar-refractivity contribution in [3.63, 3.8) is 0 Å². The lowest BCUT2D eigenvalue weighted by atomic mass is 10.1. The number of carboxylic acids is 1. The van der Waals surface area contributed by atoms with E-state index in [1.165, 1.54) is 0 Å². The van der Waals surface area contributed by atoms with E-state index in [-0.39, 0.29) is 6.42 Å². The first kappa shape index (κ1) is 11.6. The maximum atomic E-state index is 13.2. The van der Waals surface area contributed by atoms with Crippen molar-refractivity contribution in [2.75, 3.05) is 0 Å². The number of aromatic amines is 1. The van der Waals surface area contributed by atoms with Gasteiger partial charge in [0.15, 0.2) is 11.6 Å². The summed E-state index contributed by atoms with van der Waals surface area (Å²) in [7, 11) is 0. The summed E-state index contributed by atoms with van der Waals surface area (Å²) in [5, 5.41) is 10.1. The van der Waals surface area contributed by atoms with Gasteiger partial charge in [0.05, 0.1) is 6.42 Å². The third-order valence-electron chi connectivity index (χ3n) is 3.06. The minimum atomic E-state index is -0.924. The minimum Gasteiger partial charge on any atom is -0.481 e. The van der Waals surface area contributed by atoms with Gasteiger partial charge in [0.2, 0.25) is 0 Å². The summed E-state index contributed by atoms with van der Waals surface area (Å²) in [4.78, 5) is 13.6. The molecule has 3 nitrogen and oxygen atoms in total. The molecule has 0 atom stereocenters. The summed E-state index contributed by atoms with van der Waals surface area (Å²) in [5.41, 5.74) is 1.78. The predicted octanol–water partition coefficient (Wildman–Crippen LogP) is 3.23. The van der Waals surface area contributed by atoms with Crippen molar-refractivity contribution >= 4 is 27.8 Å². The van der Waals surface area contributed by atoms with E-state index in [2.05, 4.69) is 4.98 Å². The van der Waals surface area contributed by atoms with Crippen LogP contribution in [-0.4, -0.2) is 16.1 Å². The zero-order valence-corrected chi connectivity index (χ0v) is 9.71. The van der Waals surface area contributed by atoms with Crippen molar-refractivity contribution in [3.8, 4) is 0 Å². The second-order valence-corrected chi connectivity index (χ2v) is 4.39. The summed E-state index contributed by atoms with van der Waals surface area (Å²) in [6, 6.07) is 7.30. The Balaban J connectivity index is 2.25. The highest BCUT2D eigenvalue weighted by Gasteiger charge is 2.10. The highest BCUT2D eigenvalue weighted by atomic mass is 19.2. The first-order chi connectivity index (χ1) is 9.04. The van der Waals surface area contributed by atoms with Gasteiger partial charge in [-0.25, -0.2) is 8.78 Å². The van der Waals surface area contributed by atoms with E-state index in [4.69, 9.17) is 5.11 Å². The third kappa shape index (κ3) is 1.93. The average Bonchev–Trinajstić information content (AvgIpc) is 2.66. The fourth-order valence-electron chi connectivity index (χ4n) is 2.23. The van der Waals surface area contributed by atoms with Crippen LogP contribution in [0.5, 0.6) is 0 Å². The number of nitrogens with one attached hydrogen (secondary N) is 1. The lowest BCUT2D eigenvalue weighted by molar-refractivity contribution is -0.136. The van der Waals surface area contributed by atoms with Crippen molar-refractivity contribution in [3.05, 3.63) is 47.5 Å². The Hall–Kier alpha value is -2.43. The van der Waals surface area contributed by atoms with Crippen LogP contribution in [-0.2, 0) is 11.2 Å². The Morgan fingerprint density at radius 2 is 1.74 bits per heavy atom. The number of fused-ring (bicyclic) bond motifs is 3. The van der Waals surface area contributed by atoms with E-state index >= 15 is 0 Å². The van der Waals surface area contributed by atoms with Crippen molar-refractivity contribution in [1.29, 1.82) is 0 Å². The molecule has 0 radical (unpaired) electrons. The first-order valence-electron chi connectivity index (χ1n) is 5.66. The van der Waals surface area contributed by atoms with Crippen LogP contribution in [0.2, 0.25) is 0 Å². The van der Waals surface area contributed by atoms with Crippen LogP contribution < -0.4 is 0 Å². The molecule has 0 aliphatic rings. The maximum Gasteiger partial charge on any atom is 0.307 e. The number of halogens is 2. The van der Waals surface area contributed by atoms with Crippen LogP contribution in [0, 0.1) is 11.6 Å². The van der Waals surface area contributed by atoms with Gasteiger partial charge in [-0.3, -0.25) is 4.79 Å². The second-order valence-electron chi connectivity index (χ2n) is 4.39. The van der Waals surface area contributed by atoms with E-state index in [0.717, 1.165) is 17.5 Å². The molecule has 2 aromatic carbocycles. The van der Waals surface area contributed by atoms with Crippen molar-refractivity contribution in [2.24, 2.45) is 0 Å². The monoisotopic (exact) mass is 261 g/mol. The molecular formula is C14H9F2NO2. The number of H-pyrrole nitrogens is 1. The largest absolute Gasteiger partial charge is 0.481 e. The number of aliphatic carboxylic acids is 1. The standard InChI is InChI=1S/C14H9F2NO2/c15-10-5-9-8-2-1-7(4-14(18)19)3-12(8)17-13(9)6-11(10)16/h1-3,5-6,17H,4H2,(H,18,19). The van der Waals surface area contributed by atoms with Gasteiger partial charge < -0.3 is 10.1 Å². The SMILES string of the molecule is O=C(O)Cc1ccc2c(c1)[nH]c1cc(F)c(F)cc12.